The fourth-order valence-corrected chi connectivity index (χ4v) is 3.00. The maximum Gasteiger partial charge on any atom is 0.237 e. The fourth-order valence-electron chi connectivity index (χ4n) is 3.00. The number of amides is 1. The summed E-state index contributed by atoms with van der Waals surface area (Å²) in [6.45, 7) is 9.96. The van der Waals surface area contributed by atoms with Crippen molar-refractivity contribution in [1.29, 1.82) is 0 Å². The minimum atomic E-state index is -0.396. The monoisotopic (exact) mass is 288 g/mol. The van der Waals surface area contributed by atoms with Crippen LogP contribution in [0.4, 0.5) is 5.69 Å². The van der Waals surface area contributed by atoms with Crippen molar-refractivity contribution in [1.82, 2.24) is 0 Å². The van der Waals surface area contributed by atoms with Crippen LogP contribution in [0, 0.1) is 5.41 Å². The molecule has 1 aromatic rings. The molecule has 0 aliphatic carbocycles. The van der Waals surface area contributed by atoms with Gasteiger partial charge in [0.1, 0.15) is 0 Å². The lowest BCUT2D eigenvalue weighted by atomic mass is 9.86. The average Bonchev–Trinajstić information content (AvgIpc) is 2.64. The number of fused-ring (bicyclic) bond motifs is 1. The summed E-state index contributed by atoms with van der Waals surface area (Å²) >= 11 is 0. The maximum absolute atomic E-state index is 12.6. The van der Waals surface area contributed by atoms with Crippen molar-refractivity contribution in [3.05, 3.63) is 29.8 Å². The van der Waals surface area contributed by atoms with E-state index in [0.29, 0.717) is 6.54 Å². The molecular weight excluding hydrogens is 260 g/mol. The van der Waals surface area contributed by atoms with Crippen LogP contribution in [0.15, 0.2) is 24.3 Å². The normalized spacial score (nSPS) is 17.2. The predicted molar refractivity (Wildman–Crippen MR) is 88.5 cm³/mol. The van der Waals surface area contributed by atoms with E-state index in [9.17, 15) is 4.79 Å². The van der Waals surface area contributed by atoms with E-state index in [-0.39, 0.29) is 11.3 Å². The average molecular weight is 288 g/mol. The summed E-state index contributed by atoms with van der Waals surface area (Å²) in [5.41, 5.74) is 7.81. The summed E-state index contributed by atoms with van der Waals surface area (Å²) < 4.78 is 0. The van der Waals surface area contributed by atoms with Gasteiger partial charge in [-0.25, -0.2) is 0 Å². The van der Waals surface area contributed by atoms with Gasteiger partial charge in [-0.15, -0.1) is 0 Å². The summed E-state index contributed by atoms with van der Waals surface area (Å²) in [5, 5.41) is 0. The number of unbranched alkanes of at least 4 members (excludes halogenated alkanes) is 1. The lowest BCUT2D eigenvalue weighted by molar-refractivity contribution is -0.122. The summed E-state index contributed by atoms with van der Waals surface area (Å²) in [7, 11) is 0. The minimum absolute atomic E-state index is 0.201. The van der Waals surface area contributed by atoms with Crippen LogP contribution in [-0.4, -0.2) is 19.0 Å². The number of benzene rings is 1. The van der Waals surface area contributed by atoms with Crippen molar-refractivity contribution in [2.24, 2.45) is 11.1 Å². The molecule has 0 saturated heterocycles. The van der Waals surface area contributed by atoms with Gasteiger partial charge in [0.15, 0.2) is 0 Å². The Balaban J connectivity index is 2.00. The van der Waals surface area contributed by atoms with Crippen LogP contribution in [-0.2, 0) is 10.2 Å². The molecule has 0 saturated carbocycles. The third kappa shape index (κ3) is 3.13. The van der Waals surface area contributed by atoms with Crippen LogP contribution in [0.3, 0.4) is 0 Å². The predicted octanol–water partition coefficient (Wildman–Crippen LogP) is 3.47. The van der Waals surface area contributed by atoms with Gasteiger partial charge in [-0.3, -0.25) is 4.79 Å². The van der Waals surface area contributed by atoms with E-state index in [1.807, 2.05) is 30.9 Å². The highest BCUT2D eigenvalue weighted by Crippen LogP contribution is 2.41. The standard InChI is InChI=1S/C18H28N2O/c1-17(2,13-19)11-7-8-12-20-15-10-6-5-9-14(15)18(3,4)16(20)21/h5-6,9-10H,7-8,11-13,19H2,1-4H3. The third-order valence-electron chi connectivity index (χ3n) is 4.69. The van der Waals surface area contributed by atoms with Crippen LogP contribution in [0.5, 0.6) is 0 Å². The van der Waals surface area contributed by atoms with E-state index in [0.717, 1.165) is 37.1 Å². The Labute approximate surface area is 128 Å². The molecule has 0 spiro atoms. The Morgan fingerprint density at radius 3 is 2.52 bits per heavy atom. The van der Waals surface area contributed by atoms with Crippen molar-refractivity contribution in [3.63, 3.8) is 0 Å². The van der Waals surface area contributed by atoms with E-state index >= 15 is 0 Å². The molecule has 2 rings (SSSR count). The van der Waals surface area contributed by atoms with Gasteiger partial charge in [0.05, 0.1) is 5.41 Å². The molecule has 1 aromatic carbocycles. The van der Waals surface area contributed by atoms with Crippen molar-refractivity contribution in [2.75, 3.05) is 18.0 Å². The van der Waals surface area contributed by atoms with Gasteiger partial charge in [0.2, 0.25) is 5.91 Å². The molecule has 0 bridgehead atoms. The number of para-hydroxylation sites is 1. The van der Waals surface area contributed by atoms with Crippen molar-refractivity contribution >= 4 is 11.6 Å². The first kappa shape index (κ1) is 16.0. The highest BCUT2D eigenvalue weighted by Gasteiger charge is 2.43. The molecule has 0 atom stereocenters. The number of hydrogen-bond donors (Lipinski definition) is 1. The zero-order chi connectivity index (χ0) is 15.7. The van der Waals surface area contributed by atoms with Crippen LogP contribution >= 0.6 is 0 Å². The zero-order valence-corrected chi connectivity index (χ0v) is 13.8. The molecule has 1 aliphatic rings. The molecule has 116 valence electrons. The topological polar surface area (TPSA) is 46.3 Å². The van der Waals surface area contributed by atoms with Gasteiger partial charge in [0.25, 0.3) is 0 Å². The summed E-state index contributed by atoms with van der Waals surface area (Å²) in [4.78, 5) is 14.6. The molecule has 21 heavy (non-hydrogen) atoms. The second kappa shape index (κ2) is 5.80. The van der Waals surface area contributed by atoms with E-state index < -0.39 is 5.41 Å². The van der Waals surface area contributed by atoms with Gasteiger partial charge in [-0.1, -0.05) is 38.5 Å². The second-order valence-electron chi connectivity index (χ2n) is 7.42. The SMILES string of the molecule is CC(C)(CN)CCCCN1C(=O)C(C)(C)c2ccccc21. The highest BCUT2D eigenvalue weighted by molar-refractivity contribution is 6.07. The molecule has 2 N–H and O–H groups in total. The zero-order valence-electron chi connectivity index (χ0n) is 13.8. The number of nitrogens with two attached hydrogens (primary N) is 1. The number of carbonyl (C=O) groups excluding carboxylic acids is 1. The van der Waals surface area contributed by atoms with Crippen LogP contribution in [0.25, 0.3) is 0 Å². The van der Waals surface area contributed by atoms with Crippen LogP contribution < -0.4 is 10.6 Å². The first-order chi connectivity index (χ1) is 9.79. The lowest BCUT2D eigenvalue weighted by Gasteiger charge is -2.24. The molecule has 0 aromatic heterocycles. The molecule has 0 fully saturated rings. The maximum atomic E-state index is 12.6. The molecule has 1 amide bonds. The first-order valence-corrected chi connectivity index (χ1v) is 7.91. The molecule has 3 heteroatoms. The van der Waals surface area contributed by atoms with Gasteiger partial charge in [-0.05, 0) is 50.3 Å². The molecule has 3 nitrogen and oxygen atoms in total. The molecule has 0 unspecified atom stereocenters. The van der Waals surface area contributed by atoms with Crippen LogP contribution in [0.2, 0.25) is 0 Å². The van der Waals surface area contributed by atoms with Crippen molar-refractivity contribution in [3.8, 4) is 0 Å². The minimum Gasteiger partial charge on any atom is -0.330 e. The molecular formula is C18H28N2O. The summed E-state index contributed by atoms with van der Waals surface area (Å²) in [6, 6.07) is 8.16. The third-order valence-corrected chi connectivity index (χ3v) is 4.69. The highest BCUT2D eigenvalue weighted by atomic mass is 16.2. The van der Waals surface area contributed by atoms with Gasteiger partial charge in [0, 0.05) is 12.2 Å². The van der Waals surface area contributed by atoms with E-state index in [1.54, 1.807) is 0 Å². The smallest absolute Gasteiger partial charge is 0.237 e. The Morgan fingerprint density at radius 2 is 1.86 bits per heavy atom. The van der Waals surface area contributed by atoms with Gasteiger partial charge >= 0.3 is 0 Å². The Hall–Kier alpha value is -1.35. The number of anilines is 1. The Bertz CT molecular complexity index is 520. The fraction of sp³-hybridized carbons (Fsp3) is 0.611. The number of carbonyl (C=O) groups is 1. The quantitative estimate of drug-likeness (QED) is 0.815. The van der Waals surface area contributed by atoms with E-state index in [1.165, 1.54) is 0 Å². The first-order valence-electron chi connectivity index (χ1n) is 7.91. The Morgan fingerprint density at radius 1 is 1.19 bits per heavy atom. The molecule has 1 aliphatic heterocycles. The number of hydrogen-bond acceptors (Lipinski definition) is 2. The van der Waals surface area contributed by atoms with Crippen molar-refractivity contribution < 1.29 is 4.79 Å². The number of rotatable bonds is 6. The summed E-state index contributed by atoms with van der Waals surface area (Å²) in [5.74, 6) is 0.224. The Kier molecular flexibility index (Phi) is 4.43. The van der Waals surface area contributed by atoms with Crippen molar-refractivity contribution in [2.45, 2.75) is 52.4 Å². The van der Waals surface area contributed by atoms with Crippen LogP contribution in [0.1, 0.15) is 52.5 Å². The molecule has 0 radical (unpaired) electrons. The van der Waals surface area contributed by atoms with Gasteiger partial charge < -0.3 is 10.6 Å². The van der Waals surface area contributed by atoms with E-state index in [2.05, 4.69) is 26.0 Å². The number of nitrogens with zero attached hydrogens (tertiary/aromatic N) is 1. The second-order valence-corrected chi connectivity index (χ2v) is 7.42. The summed E-state index contributed by atoms with van der Waals surface area (Å²) in [6.07, 6.45) is 3.24. The van der Waals surface area contributed by atoms with E-state index in [4.69, 9.17) is 5.73 Å². The van der Waals surface area contributed by atoms with Gasteiger partial charge in [-0.2, -0.15) is 0 Å². The largest absolute Gasteiger partial charge is 0.330 e. The molecule has 1 heterocycles. The lowest BCUT2D eigenvalue weighted by Crippen LogP contribution is -2.36.